The van der Waals surface area contributed by atoms with Gasteiger partial charge in [-0.05, 0) is 44.2 Å². The molecule has 0 aromatic carbocycles. The number of carbonyl (C=O) groups excluding carboxylic acids is 1. The Morgan fingerprint density at radius 3 is 2.67 bits per heavy atom. The zero-order chi connectivity index (χ0) is 13.0. The first-order valence-corrected chi connectivity index (χ1v) is 7.19. The Bertz CT molecular complexity index is 286. The molecular formula is C14H26N2O2. The lowest BCUT2D eigenvalue weighted by molar-refractivity contribution is -0.123. The van der Waals surface area contributed by atoms with Crippen molar-refractivity contribution in [2.75, 3.05) is 26.2 Å². The van der Waals surface area contributed by atoms with Crippen molar-refractivity contribution in [1.29, 1.82) is 0 Å². The summed E-state index contributed by atoms with van der Waals surface area (Å²) in [6.07, 6.45) is 4.60. The molecule has 4 heteroatoms. The number of carbonyl (C=O) groups is 1. The lowest BCUT2D eigenvalue weighted by Crippen LogP contribution is -2.33. The molecule has 1 aliphatic heterocycles. The van der Waals surface area contributed by atoms with Crippen molar-refractivity contribution in [3.05, 3.63) is 0 Å². The lowest BCUT2D eigenvalue weighted by atomic mass is 10.1. The third-order valence-electron chi connectivity index (χ3n) is 4.09. The van der Waals surface area contributed by atoms with Crippen LogP contribution in [0.25, 0.3) is 0 Å². The summed E-state index contributed by atoms with van der Waals surface area (Å²) in [6.45, 7) is 7.95. The molecule has 0 aromatic rings. The van der Waals surface area contributed by atoms with Gasteiger partial charge in [0.05, 0.1) is 6.10 Å². The van der Waals surface area contributed by atoms with Crippen LogP contribution < -0.4 is 10.6 Å². The van der Waals surface area contributed by atoms with Gasteiger partial charge in [-0.1, -0.05) is 13.8 Å². The van der Waals surface area contributed by atoms with Gasteiger partial charge in [0, 0.05) is 19.1 Å². The van der Waals surface area contributed by atoms with E-state index in [1.165, 1.54) is 0 Å². The van der Waals surface area contributed by atoms with Gasteiger partial charge in [0.2, 0.25) is 5.91 Å². The molecule has 2 N–H and O–H groups in total. The normalized spacial score (nSPS) is 26.9. The second-order valence-electron chi connectivity index (χ2n) is 6.21. The van der Waals surface area contributed by atoms with Gasteiger partial charge in [-0.3, -0.25) is 4.79 Å². The number of ether oxygens (including phenoxy) is 1. The maximum atomic E-state index is 11.7. The fraction of sp³-hybridized carbons (Fsp3) is 0.929. The molecule has 0 bridgehead atoms. The van der Waals surface area contributed by atoms with Crippen molar-refractivity contribution >= 4 is 5.91 Å². The number of hydrogen-bond acceptors (Lipinski definition) is 3. The first kappa shape index (κ1) is 13.8. The van der Waals surface area contributed by atoms with E-state index in [1.807, 2.05) is 0 Å². The van der Waals surface area contributed by atoms with Crippen LogP contribution in [0.15, 0.2) is 0 Å². The molecule has 0 spiro atoms. The van der Waals surface area contributed by atoms with E-state index in [2.05, 4.69) is 24.5 Å². The molecule has 1 amide bonds. The first-order chi connectivity index (χ1) is 8.59. The number of nitrogens with one attached hydrogen (secondary N) is 2. The van der Waals surface area contributed by atoms with Crippen LogP contribution >= 0.6 is 0 Å². The highest BCUT2D eigenvalue weighted by molar-refractivity contribution is 5.82. The maximum absolute atomic E-state index is 11.7. The number of hydrogen-bond donors (Lipinski definition) is 2. The van der Waals surface area contributed by atoms with Crippen LogP contribution in [0.2, 0.25) is 0 Å². The highest BCUT2D eigenvalue weighted by atomic mass is 16.5. The minimum absolute atomic E-state index is 0.224. The molecule has 2 fully saturated rings. The molecule has 1 atom stereocenters. The summed E-state index contributed by atoms with van der Waals surface area (Å²) < 4.78 is 5.79. The van der Waals surface area contributed by atoms with Gasteiger partial charge in [-0.2, -0.15) is 0 Å². The largest absolute Gasteiger partial charge is 0.378 e. The van der Waals surface area contributed by atoms with Crippen molar-refractivity contribution in [3.8, 4) is 0 Å². The SMILES string of the molecule is CC1(C)CC1C(=O)NCCCOC1CCNCC1. The Hall–Kier alpha value is -0.610. The van der Waals surface area contributed by atoms with E-state index in [1.54, 1.807) is 0 Å². The number of rotatable bonds is 6. The van der Waals surface area contributed by atoms with E-state index >= 15 is 0 Å². The number of piperidine rings is 1. The Morgan fingerprint density at radius 2 is 2.06 bits per heavy atom. The van der Waals surface area contributed by atoms with Gasteiger partial charge in [0.15, 0.2) is 0 Å². The fourth-order valence-electron chi connectivity index (χ4n) is 2.53. The summed E-state index contributed by atoms with van der Waals surface area (Å²) in [5.74, 6) is 0.463. The molecule has 2 rings (SSSR count). The Morgan fingerprint density at radius 1 is 1.39 bits per heavy atom. The van der Waals surface area contributed by atoms with Crippen molar-refractivity contribution < 1.29 is 9.53 Å². The van der Waals surface area contributed by atoms with Gasteiger partial charge in [-0.15, -0.1) is 0 Å². The summed E-state index contributed by atoms with van der Waals surface area (Å²) >= 11 is 0. The predicted octanol–water partition coefficient (Wildman–Crippen LogP) is 1.31. The van der Waals surface area contributed by atoms with E-state index in [0.29, 0.717) is 6.10 Å². The van der Waals surface area contributed by atoms with Crippen LogP contribution in [0.3, 0.4) is 0 Å². The highest BCUT2D eigenvalue weighted by Crippen LogP contribution is 2.51. The molecule has 1 unspecified atom stereocenters. The average Bonchev–Trinajstić information content (AvgIpc) is 2.99. The maximum Gasteiger partial charge on any atom is 0.223 e. The van der Waals surface area contributed by atoms with Crippen molar-refractivity contribution in [3.63, 3.8) is 0 Å². The van der Waals surface area contributed by atoms with Gasteiger partial charge < -0.3 is 15.4 Å². The Labute approximate surface area is 110 Å². The van der Waals surface area contributed by atoms with Crippen LogP contribution in [0.1, 0.15) is 39.5 Å². The number of amides is 1. The first-order valence-electron chi connectivity index (χ1n) is 7.19. The monoisotopic (exact) mass is 254 g/mol. The van der Waals surface area contributed by atoms with Gasteiger partial charge >= 0.3 is 0 Å². The van der Waals surface area contributed by atoms with Crippen LogP contribution in [-0.4, -0.2) is 38.3 Å². The molecule has 1 heterocycles. The van der Waals surface area contributed by atoms with E-state index in [9.17, 15) is 4.79 Å². The second kappa shape index (κ2) is 6.02. The molecule has 1 aliphatic carbocycles. The minimum Gasteiger partial charge on any atom is -0.378 e. The van der Waals surface area contributed by atoms with E-state index in [4.69, 9.17) is 4.74 Å². The summed E-state index contributed by atoms with van der Waals surface area (Å²) in [7, 11) is 0. The lowest BCUT2D eigenvalue weighted by Gasteiger charge is -2.22. The van der Waals surface area contributed by atoms with Gasteiger partial charge in [-0.25, -0.2) is 0 Å². The molecular weight excluding hydrogens is 228 g/mol. The van der Waals surface area contributed by atoms with Crippen LogP contribution in [-0.2, 0) is 9.53 Å². The van der Waals surface area contributed by atoms with E-state index < -0.39 is 0 Å². The summed E-state index contributed by atoms with van der Waals surface area (Å²) in [5, 5.41) is 6.33. The zero-order valence-electron chi connectivity index (χ0n) is 11.6. The Kier molecular flexibility index (Phi) is 4.62. The smallest absolute Gasteiger partial charge is 0.223 e. The van der Waals surface area contributed by atoms with Gasteiger partial charge in [0.25, 0.3) is 0 Å². The summed E-state index contributed by atoms with van der Waals surface area (Å²) in [4.78, 5) is 11.7. The molecule has 104 valence electrons. The van der Waals surface area contributed by atoms with Crippen molar-refractivity contribution in [2.45, 2.75) is 45.6 Å². The van der Waals surface area contributed by atoms with Crippen LogP contribution in [0.4, 0.5) is 0 Å². The minimum atomic E-state index is 0.224. The molecule has 0 aromatic heterocycles. The molecule has 1 saturated carbocycles. The Balaban J connectivity index is 1.47. The zero-order valence-corrected chi connectivity index (χ0v) is 11.6. The molecule has 4 nitrogen and oxygen atoms in total. The molecule has 1 saturated heterocycles. The third-order valence-corrected chi connectivity index (χ3v) is 4.09. The summed E-state index contributed by atoms with van der Waals surface area (Å²) in [6, 6.07) is 0. The second-order valence-corrected chi connectivity index (χ2v) is 6.21. The quantitative estimate of drug-likeness (QED) is 0.703. The molecule has 0 radical (unpaired) electrons. The van der Waals surface area contributed by atoms with Gasteiger partial charge in [0.1, 0.15) is 0 Å². The van der Waals surface area contributed by atoms with E-state index in [-0.39, 0.29) is 17.2 Å². The third kappa shape index (κ3) is 3.95. The topological polar surface area (TPSA) is 50.4 Å². The van der Waals surface area contributed by atoms with E-state index in [0.717, 1.165) is 51.9 Å². The van der Waals surface area contributed by atoms with Crippen molar-refractivity contribution in [2.24, 2.45) is 11.3 Å². The van der Waals surface area contributed by atoms with Crippen molar-refractivity contribution in [1.82, 2.24) is 10.6 Å². The molecule has 2 aliphatic rings. The standard InChI is InChI=1S/C14H26N2O2/c1-14(2)10-12(14)13(17)16-6-3-9-18-11-4-7-15-8-5-11/h11-12,15H,3-10H2,1-2H3,(H,16,17). The fourth-order valence-corrected chi connectivity index (χ4v) is 2.53. The highest BCUT2D eigenvalue weighted by Gasteiger charge is 2.50. The van der Waals surface area contributed by atoms with Crippen LogP contribution in [0.5, 0.6) is 0 Å². The summed E-state index contributed by atoms with van der Waals surface area (Å²) in [5.41, 5.74) is 0.232. The predicted molar refractivity (Wildman–Crippen MR) is 71.4 cm³/mol. The van der Waals surface area contributed by atoms with Crippen LogP contribution in [0, 0.1) is 11.3 Å². The average molecular weight is 254 g/mol. The molecule has 18 heavy (non-hydrogen) atoms.